The Morgan fingerprint density at radius 2 is 1.91 bits per heavy atom. The number of hydrogen-bond acceptors (Lipinski definition) is 5. The van der Waals surface area contributed by atoms with Gasteiger partial charge in [0, 0.05) is 25.4 Å². The highest BCUT2D eigenvalue weighted by Gasteiger charge is 2.81. The predicted octanol–water partition coefficient (Wildman–Crippen LogP) is 4.94. The van der Waals surface area contributed by atoms with E-state index in [-0.39, 0.29) is 28.6 Å². The van der Waals surface area contributed by atoms with Crippen molar-refractivity contribution in [2.75, 3.05) is 13.2 Å². The number of carbonyl (C=O) groups is 1. The number of carbonyl (C=O) groups excluding carboxylic acids is 1. The zero-order chi connectivity index (χ0) is 24.6. The molecule has 196 valence electrons. The van der Waals surface area contributed by atoms with E-state index in [1.54, 1.807) is 0 Å². The second-order valence-corrected chi connectivity index (χ2v) is 14.8. The monoisotopic (exact) mass is 485 g/mol. The second kappa shape index (κ2) is 7.12. The summed E-state index contributed by atoms with van der Waals surface area (Å²) in [7, 11) is 0. The molecule has 12 atom stereocenters. The van der Waals surface area contributed by atoms with Crippen LogP contribution in [0.15, 0.2) is 0 Å². The molecule has 1 N–H and O–H groups in total. The van der Waals surface area contributed by atoms with Crippen molar-refractivity contribution >= 4 is 5.78 Å². The van der Waals surface area contributed by atoms with E-state index in [4.69, 9.17) is 9.47 Å². The molecule has 0 aromatic heterocycles. The summed E-state index contributed by atoms with van der Waals surface area (Å²) in [4.78, 5) is 16.9. The maximum atomic E-state index is 14.1. The van der Waals surface area contributed by atoms with Crippen LogP contribution >= 0.6 is 0 Å². The fourth-order valence-electron chi connectivity index (χ4n) is 11.6. The van der Waals surface area contributed by atoms with Crippen molar-refractivity contribution in [1.29, 1.82) is 0 Å². The van der Waals surface area contributed by atoms with Gasteiger partial charge in [-0.1, -0.05) is 27.2 Å². The van der Waals surface area contributed by atoms with Crippen LogP contribution in [0.5, 0.6) is 0 Å². The zero-order valence-electron chi connectivity index (χ0n) is 22.6. The first-order valence-electron chi connectivity index (χ1n) is 14.8. The van der Waals surface area contributed by atoms with Gasteiger partial charge in [-0.2, -0.15) is 0 Å². The first-order chi connectivity index (χ1) is 16.5. The SMILES string of the molecule is CC(C)C1CC[C@@]2(C)[C@@H]3C[C@@H](O)[C@]45CCC[C@H]4C2(CCC(=O)[C@]2(C)CO[C@]4(C)CCC2O4)C1N5C3. The van der Waals surface area contributed by atoms with E-state index >= 15 is 0 Å². The van der Waals surface area contributed by atoms with Crippen LogP contribution in [-0.2, 0) is 14.3 Å². The van der Waals surface area contributed by atoms with E-state index in [1.165, 1.54) is 32.2 Å². The highest BCUT2D eigenvalue weighted by molar-refractivity contribution is 5.85. The summed E-state index contributed by atoms with van der Waals surface area (Å²) >= 11 is 0. The topological polar surface area (TPSA) is 59.0 Å². The molecule has 2 aliphatic carbocycles. The minimum absolute atomic E-state index is 0.00740. The van der Waals surface area contributed by atoms with Gasteiger partial charge >= 0.3 is 0 Å². The number of hydrogen-bond donors (Lipinski definition) is 1. The molecule has 7 aliphatic rings. The molecular weight excluding hydrogens is 438 g/mol. The summed E-state index contributed by atoms with van der Waals surface area (Å²) in [6.45, 7) is 13.2. The number of Topliss-reactive ketones (excluding diaryl/α,β-unsaturated/α-hetero) is 1. The molecule has 7 rings (SSSR count). The Kier molecular flexibility index (Phi) is 4.81. The highest BCUT2D eigenvalue weighted by Crippen LogP contribution is 2.79. The van der Waals surface area contributed by atoms with Gasteiger partial charge in [0.15, 0.2) is 5.79 Å². The number of piperidine rings is 2. The van der Waals surface area contributed by atoms with Crippen molar-refractivity contribution < 1.29 is 19.4 Å². The van der Waals surface area contributed by atoms with Crippen molar-refractivity contribution in [3.05, 3.63) is 0 Å². The lowest BCUT2D eigenvalue weighted by Gasteiger charge is -2.67. The molecule has 5 unspecified atom stereocenters. The molecule has 0 aromatic carbocycles. The van der Waals surface area contributed by atoms with E-state index in [2.05, 4.69) is 32.6 Å². The molecule has 35 heavy (non-hydrogen) atoms. The number of aliphatic hydroxyl groups is 1. The van der Waals surface area contributed by atoms with Crippen LogP contribution in [0.3, 0.4) is 0 Å². The normalized spacial score (nSPS) is 59.8. The summed E-state index contributed by atoms with van der Waals surface area (Å²) in [5, 5.41) is 11.7. The largest absolute Gasteiger partial charge is 0.391 e. The Morgan fingerprint density at radius 3 is 2.69 bits per heavy atom. The van der Waals surface area contributed by atoms with Gasteiger partial charge in [-0.3, -0.25) is 9.69 Å². The van der Waals surface area contributed by atoms with Crippen molar-refractivity contribution in [3.8, 4) is 0 Å². The van der Waals surface area contributed by atoms with E-state index < -0.39 is 11.2 Å². The molecule has 1 spiro atoms. The fourth-order valence-corrected chi connectivity index (χ4v) is 11.6. The van der Waals surface area contributed by atoms with Gasteiger partial charge < -0.3 is 14.6 Å². The number of aliphatic hydroxyl groups excluding tert-OH is 1. The second-order valence-electron chi connectivity index (χ2n) is 14.8. The van der Waals surface area contributed by atoms with E-state index in [0.29, 0.717) is 48.5 Å². The van der Waals surface area contributed by atoms with E-state index in [1.807, 2.05) is 6.92 Å². The van der Waals surface area contributed by atoms with Gasteiger partial charge in [0.05, 0.1) is 29.8 Å². The summed E-state index contributed by atoms with van der Waals surface area (Å²) in [5.74, 6) is 2.26. The molecule has 5 aliphatic heterocycles. The van der Waals surface area contributed by atoms with Crippen LogP contribution in [0.2, 0.25) is 0 Å². The third kappa shape index (κ3) is 2.58. The quantitative estimate of drug-likeness (QED) is 0.598. The summed E-state index contributed by atoms with van der Waals surface area (Å²) < 4.78 is 12.4. The van der Waals surface area contributed by atoms with Crippen LogP contribution in [0, 0.1) is 39.9 Å². The molecule has 2 saturated carbocycles. The van der Waals surface area contributed by atoms with Crippen molar-refractivity contribution in [2.45, 2.75) is 128 Å². The smallest absolute Gasteiger partial charge is 0.166 e. The summed E-state index contributed by atoms with van der Waals surface area (Å²) in [6, 6.07) is 0.520. The molecule has 5 heterocycles. The summed E-state index contributed by atoms with van der Waals surface area (Å²) in [6.07, 6.45) is 10.4. The molecule has 7 bridgehead atoms. The molecular formula is C30H47NO4. The summed E-state index contributed by atoms with van der Waals surface area (Å²) in [5.41, 5.74) is -0.198. The standard InChI is InChI=1S/C30H47NO4/c1-18(2)20-8-12-27(4)19-15-23(33)30-11-6-7-21(30)29(27,25(20)31(30)16-19)14-9-22(32)26(3)17-34-28(5)13-10-24(26)35-28/h18-21,23-25,33H,6-17H2,1-5H3/t19-,20?,21+,23-,24?,25?,26+,27+,28+,29?,30+/m1/s1. The van der Waals surface area contributed by atoms with Crippen LogP contribution < -0.4 is 0 Å². The first-order valence-corrected chi connectivity index (χ1v) is 14.8. The lowest BCUT2D eigenvalue weighted by molar-refractivity contribution is -0.282. The molecule has 7 fully saturated rings. The van der Waals surface area contributed by atoms with Gasteiger partial charge in [-0.25, -0.2) is 0 Å². The third-order valence-corrected chi connectivity index (χ3v) is 13.5. The van der Waals surface area contributed by atoms with Gasteiger partial charge in [-0.05, 0) is 93.3 Å². The Bertz CT molecular complexity index is 937. The number of nitrogens with zero attached hydrogens (tertiary/aromatic N) is 1. The Morgan fingerprint density at radius 1 is 1.11 bits per heavy atom. The van der Waals surface area contributed by atoms with Gasteiger partial charge in [-0.15, -0.1) is 0 Å². The van der Waals surface area contributed by atoms with E-state index in [9.17, 15) is 9.90 Å². The number of rotatable bonds is 5. The fraction of sp³-hybridized carbons (Fsp3) is 0.967. The van der Waals surface area contributed by atoms with Crippen molar-refractivity contribution in [3.63, 3.8) is 0 Å². The minimum Gasteiger partial charge on any atom is -0.391 e. The number of ether oxygens (including phenoxy) is 2. The Balaban J connectivity index is 1.27. The van der Waals surface area contributed by atoms with Gasteiger partial charge in [0.1, 0.15) is 5.78 Å². The lowest BCUT2D eigenvalue weighted by Crippen LogP contribution is -2.70. The molecule has 0 aromatic rings. The third-order valence-electron chi connectivity index (χ3n) is 13.5. The first kappa shape index (κ1) is 23.6. The highest BCUT2D eigenvalue weighted by atomic mass is 16.7. The van der Waals surface area contributed by atoms with Crippen LogP contribution in [0.1, 0.15) is 98.8 Å². The van der Waals surface area contributed by atoms with Crippen LogP contribution in [-0.4, -0.2) is 58.5 Å². The minimum atomic E-state index is -0.529. The number of ketones is 1. The maximum Gasteiger partial charge on any atom is 0.166 e. The van der Waals surface area contributed by atoms with Crippen LogP contribution in [0.25, 0.3) is 0 Å². The molecule has 0 amide bonds. The molecule has 5 nitrogen and oxygen atoms in total. The maximum absolute atomic E-state index is 14.1. The lowest BCUT2D eigenvalue weighted by atomic mass is 9.42. The average molecular weight is 486 g/mol. The van der Waals surface area contributed by atoms with Crippen molar-refractivity contribution in [1.82, 2.24) is 4.90 Å². The van der Waals surface area contributed by atoms with Crippen molar-refractivity contribution in [2.24, 2.45) is 39.9 Å². The average Bonchev–Trinajstić information content (AvgIpc) is 3.44. The Hall–Kier alpha value is -0.490. The van der Waals surface area contributed by atoms with Crippen LogP contribution in [0.4, 0.5) is 0 Å². The number of fused-ring (bicyclic) bond motifs is 4. The van der Waals surface area contributed by atoms with Gasteiger partial charge in [0.25, 0.3) is 0 Å². The molecule has 5 saturated heterocycles. The van der Waals surface area contributed by atoms with E-state index in [0.717, 1.165) is 32.1 Å². The Labute approximate surface area is 211 Å². The molecule has 5 heteroatoms. The predicted molar refractivity (Wildman–Crippen MR) is 134 cm³/mol. The zero-order valence-corrected chi connectivity index (χ0v) is 22.6. The van der Waals surface area contributed by atoms with Gasteiger partial charge in [0.2, 0.25) is 0 Å². The molecule has 0 radical (unpaired) electrons.